The highest BCUT2D eigenvalue weighted by Crippen LogP contribution is 2.42. The van der Waals surface area contributed by atoms with Crippen molar-refractivity contribution >= 4 is 43.9 Å². The molecule has 0 radical (unpaired) electrons. The maximum Gasteiger partial charge on any atom is 0.167 e. The van der Waals surface area contributed by atoms with Crippen LogP contribution in [0.1, 0.15) is 26.0 Å². The molecule has 62 heavy (non-hydrogen) atoms. The van der Waals surface area contributed by atoms with Crippen molar-refractivity contribution in [1.29, 1.82) is 0 Å². The van der Waals surface area contributed by atoms with Gasteiger partial charge in [0.25, 0.3) is 0 Å². The number of aromatic nitrogens is 3. The molecule has 0 bridgehead atoms. The highest BCUT2D eigenvalue weighted by Gasteiger charge is 2.20. The van der Waals surface area contributed by atoms with Crippen LogP contribution < -0.4 is 0 Å². The van der Waals surface area contributed by atoms with Gasteiger partial charge >= 0.3 is 0 Å². The smallest absolute Gasteiger partial charge is 0.167 e. The van der Waals surface area contributed by atoms with Gasteiger partial charge in [-0.3, -0.25) is 0 Å². The van der Waals surface area contributed by atoms with Crippen molar-refractivity contribution < 1.29 is 34.9 Å². The molecule has 0 saturated carbocycles. The molecule has 0 spiro atoms. The van der Waals surface area contributed by atoms with E-state index >= 15 is 0 Å². The van der Waals surface area contributed by atoms with E-state index in [1.165, 1.54) is 0 Å². The van der Waals surface area contributed by atoms with Crippen LogP contribution >= 0.6 is 0 Å². The molecule has 3 aromatic heterocycles. The second-order valence-electron chi connectivity index (χ2n) is 14.0. The molecule has 0 aliphatic heterocycles. The molecular weight excluding hydrogens is 759 g/mol. The predicted octanol–water partition coefficient (Wildman–Crippen LogP) is 15.3. The molecule has 0 aliphatic carbocycles. The van der Waals surface area contributed by atoms with E-state index in [1.54, 1.807) is 24.3 Å². The fraction of sp³-hybridized carbons (Fsp3) is 0. The summed E-state index contributed by atoms with van der Waals surface area (Å²) in [7, 11) is 0. The first-order chi connectivity index (χ1) is 38.6. The molecule has 5 heteroatoms. The van der Waals surface area contributed by atoms with Crippen molar-refractivity contribution in [3.63, 3.8) is 0 Å². The standard InChI is InChI=1S/C57H35N3O2/c1-4-14-36(15-5-1)39-26-28-40(29-27-39)55-58-56(60-57(59-55)49-23-12-22-47-46-20-10-11-24-50(46)62-54(47)49)41-30-31-48-52(35-41)61-51-25-13-21-45(53(48)51)44-33-42(37-16-6-2-7-17-37)32-43(34-44)38-18-8-3-9-19-38/h1-35H/i2D,3D,6D,7D,8D,9D,13D,16D,17D,18D,19D,21D,25D,30D,31D,32D,33D,34D,35D. The average molecular weight is 813 g/mol. The van der Waals surface area contributed by atoms with Crippen molar-refractivity contribution in [2.24, 2.45) is 0 Å². The summed E-state index contributed by atoms with van der Waals surface area (Å²) in [4.78, 5) is 14.6. The molecule has 0 unspecified atom stereocenters. The monoisotopic (exact) mass is 812 g/mol. The van der Waals surface area contributed by atoms with E-state index in [9.17, 15) is 9.60 Å². The number of furan rings is 2. The first kappa shape index (κ1) is 21.2. The largest absolute Gasteiger partial charge is 0.456 e. The van der Waals surface area contributed by atoms with E-state index in [0.717, 1.165) is 21.9 Å². The number of hydrogen-bond acceptors (Lipinski definition) is 5. The first-order valence-corrected chi connectivity index (χ1v) is 19.2. The number of benzene rings is 9. The Morgan fingerprint density at radius 1 is 0.323 bits per heavy atom. The Morgan fingerprint density at radius 3 is 1.71 bits per heavy atom. The van der Waals surface area contributed by atoms with Gasteiger partial charge in [0.15, 0.2) is 17.5 Å². The molecule has 12 aromatic rings. The Bertz CT molecular complexity index is 4600. The molecule has 0 atom stereocenters. The van der Waals surface area contributed by atoms with Crippen molar-refractivity contribution in [1.82, 2.24) is 15.0 Å². The van der Waals surface area contributed by atoms with Gasteiger partial charge in [-0.05, 0) is 92.9 Å². The van der Waals surface area contributed by atoms with Gasteiger partial charge in [0.2, 0.25) is 0 Å². The Kier molecular flexibility index (Phi) is 5.03. The van der Waals surface area contributed by atoms with Gasteiger partial charge in [0.1, 0.15) is 22.3 Å². The molecule has 5 nitrogen and oxygen atoms in total. The lowest BCUT2D eigenvalue weighted by Crippen LogP contribution is -2.00. The molecule has 3 heterocycles. The van der Waals surface area contributed by atoms with Crippen LogP contribution in [0.15, 0.2) is 221 Å². The molecule has 12 rings (SSSR count). The number of nitrogens with zero attached hydrogens (tertiary/aromatic N) is 3. The zero-order valence-corrected chi connectivity index (χ0v) is 31.9. The van der Waals surface area contributed by atoms with E-state index in [1.807, 2.05) is 72.8 Å². The summed E-state index contributed by atoms with van der Waals surface area (Å²) in [5, 5.41) is 0.673. The molecule has 0 N–H and O–H groups in total. The number of fused-ring (bicyclic) bond motifs is 6. The topological polar surface area (TPSA) is 65.0 Å². The summed E-state index contributed by atoms with van der Waals surface area (Å²) in [6, 6.07) is 13.4. The molecule has 0 amide bonds. The molecule has 0 aliphatic rings. The Balaban J connectivity index is 1.17. The lowest BCUT2D eigenvalue weighted by atomic mass is 9.91. The normalized spacial score (nSPS) is 15.8. The van der Waals surface area contributed by atoms with Gasteiger partial charge in [-0.15, -0.1) is 0 Å². The molecular formula is C57H35N3O2. The van der Waals surface area contributed by atoms with Crippen molar-refractivity contribution in [2.45, 2.75) is 0 Å². The van der Waals surface area contributed by atoms with Crippen LogP contribution in [0, 0.1) is 0 Å². The van der Waals surface area contributed by atoms with E-state index in [4.69, 9.17) is 40.2 Å². The summed E-state index contributed by atoms with van der Waals surface area (Å²) >= 11 is 0. The van der Waals surface area contributed by atoms with Crippen LogP contribution in [0.3, 0.4) is 0 Å². The van der Waals surface area contributed by atoms with E-state index < -0.39 is 170 Å². The van der Waals surface area contributed by atoms with Crippen LogP contribution in [-0.2, 0) is 0 Å². The second-order valence-corrected chi connectivity index (χ2v) is 14.0. The molecule has 0 fully saturated rings. The molecule has 290 valence electrons. The summed E-state index contributed by atoms with van der Waals surface area (Å²) in [5.74, 6) is -0.113. The minimum Gasteiger partial charge on any atom is -0.456 e. The maximum atomic E-state index is 9.84. The fourth-order valence-electron chi connectivity index (χ4n) is 7.44. The number of rotatable bonds is 7. The van der Waals surface area contributed by atoms with Crippen molar-refractivity contribution in [3.05, 3.63) is 212 Å². The van der Waals surface area contributed by atoms with E-state index in [-0.39, 0.29) is 23.0 Å². The maximum absolute atomic E-state index is 9.84. The molecule has 0 saturated heterocycles. The zero-order valence-electron chi connectivity index (χ0n) is 50.9. The van der Waals surface area contributed by atoms with E-state index in [2.05, 4.69) is 0 Å². The van der Waals surface area contributed by atoms with Gasteiger partial charge in [-0.1, -0.05) is 163 Å². The van der Waals surface area contributed by atoms with Crippen molar-refractivity contribution in [3.8, 4) is 78.7 Å². The quantitative estimate of drug-likeness (QED) is 0.160. The second kappa shape index (κ2) is 14.7. The molecule has 9 aromatic carbocycles. The van der Waals surface area contributed by atoms with Gasteiger partial charge in [-0.25, -0.2) is 15.0 Å². The minimum absolute atomic E-state index is 0.0591. The van der Waals surface area contributed by atoms with Crippen LogP contribution in [0.25, 0.3) is 123 Å². The minimum atomic E-state index is -0.971. The number of para-hydroxylation sites is 2. The van der Waals surface area contributed by atoms with Gasteiger partial charge < -0.3 is 8.83 Å². The Hall–Kier alpha value is -8.41. The van der Waals surface area contributed by atoms with Crippen molar-refractivity contribution in [2.75, 3.05) is 0 Å². The average Bonchev–Trinajstić information content (AvgIpc) is 3.61. The van der Waals surface area contributed by atoms with Gasteiger partial charge in [0.05, 0.1) is 31.6 Å². The summed E-state index contributed by atoms with van der Waals surface area (Å²) in [6.45, 7) is 0. The Morgan fingerprint density at radius 2 is 0.952 bits per heavy atom. The lowest BCUT2D eigenvalue weighted by molar-refractivity contribution is 0.668. The van der Waals surface area contributed by atoms with Crippen LogP contribution in [0.4, 0.5) is 0 Å². The van der Waals surface area contributed by atoms with Crippen LogP contribution in [0.5, 0.6) is 0 Å². The summed E-state index contributed by atoms with van der Waals surface area (Å²) < 4.78 is 185. The summed E-state index contributed by atoms with van der Waals surface area (Å²) in [6.07, 6.45) is 0. The third-order valence-corrected chi connectivity index (χ3v) is 10.3. The van der Waals surface area contributed by atoms with Crippen LogP contribution in [0.2, 0.25) is 0 Å². The lowest BCUT2D eigenvalue weighted by Gasteiger charge is -2.12. The SMILES string of the molecule is [2H]c1c([2H])c([2H])c(-c2c([2H])c(-c3c([2H])c([2H])c([2H])c([2H])c3[2H])c([2H])c(-c3c([2H])c([2H])c([2H])c4oc5c([2H])c(-c6nc(-c7ccc(-c8ccccc8)cc7)nc(-c7cccc8c7oc7ccccc78)n6)c([2H])c([2H])c5c34)c2[2H])c([2H])c1[2H]. The fourth-order valence-corrected chi connectivity index (χ4v) is 7.44. The van der Waals surface area contributed by atoms with Crippen LogP contribution in [-0.4, -0.2) is 15.0 Å². The highest BCUT2D eigenvalue weighted by atomic mass is 16.3. The predicted molar refractivity (Wildman–Crippen MR) is 252 cm³/mol. The third kappa shape index (κ3) is 6.23. The highest BCUT2D eigenvalue weighted by molar-refractivity contribution is 6.13. The third-order valence-electron chi connectivity index (χ3n) is 10.3. The zero-order chi connectivity index (χ0) is 57.5. The van der Waals surface area contributed by atoms with Gasteiger partial charge in [0, 0.05) is 32.7 Å². The summed E-state index contributed by atoms with van der Waals surface area (Å²) in [5.41, 5.74) is -2.21. The first-order valence-electron chi connectivity index (χ1n) is 28.7. The van der Waals surface area contributed by atoms with Gasteiger partial charge in [-0.2, -0.15) is 0 Å². The number of hydrogen-bond donors (Lipinski definition) is 0. The van der Waals surface area contributed by atoms with E-state index in [0.29, 0.717) is 22.3 Å². The Labute approximate surface area is 383 Å².